The molecule has 2 rings (SSSR count). The first-order valence-electron chi connectivity index (χ1n) is 4.83. The van der Waals surface area contributed by atoms with E-state index in [1.54, 1.807) is 0 Å². The van der Waals surface area contributed by atoms with E-state index in [-0.39, 0.29) is 0 Å². The largest absolute Gasteiger partial charge is 0.306 e. The monoisotopic (exact) mass is 197 g/mol. The van der Waals surface area contributed by atoms with Crippen molar-refractivity contribution in [3.05, 3.63) is 6.33 Å². The molecule has 0 aromatic carbocycles. The van der Waals surface area contributed by atoms with Gasteiger partial charge in [0.25, 0.3) is 0 Å². The average molecular weight is 197 g/mol. The Labute approximate surface area is 82.9 Å². The molecule has 0 amide bonds. The summed E-state index contributed by atoms with van der Waals surface area (Å²) in [5.74, 6) is 0. The van der Waals surface area contributed by atoms with Crippen LogP contribution in [0.4, 0.5) is 0 Å². The standard InChI is InChI=1S/C9H15N3S/c1-7(2)12-6-10-11-9(12)13-8-4-3-5-8/h6-8H,3-5H2,1-2H3. The lowest BCUT2D eigenvalue weighted by Gasteiger charge is -2.24. The van der Waals surface area contributed by atoms with E-state index in [1.165, 1.54) is 19.3 Å². The third-order valence-electron chi connectivity index (χ3n) is 2.42. The van der Waals surface area contributed by atoms with Gasteiger partial charge in [-0.15, -0.1) is 10.2 Å². The smallest absolute Gasteiger partial charge is 0.191 e. The number of hydrogen-bond donors (Lipinski definition) is 0. The predicted molar refractivity (Wildman–Crippen MR) is 53.9 cm³/mol. The third-order valence-corrected chi connectivity index (χ3v) is 3.73. The van der Waals surface area contributed by atoms with E-state index in [0.717, 1.165) is 10.4 Å². The molecule has 1 saturated carbocycles. The van der Waals surface area contributed by atoms with Crippen LogP contribution in [0.3, 0.4) is 0 Å². The molecule has 0 unspecified atom stereocenters. The molecular weight excluding hydrogens is 182 g/mol. The van der Waals surface area contributed by atoms with Crippen LogP contribution in [0.5, 0.6) is 0 Å². The van der Waals surface area contributed by atoms with Crippen molar-refractivity contribution in [3.63, 3.8) is 0 Å². The summed E-state index contributed by atoms with van der Waals surface area (Å²) >= 11 is 1.88. The van der Waals surface area contributed by atoms with E-state index in [0.29, 0.717) is 6.04 Å². The zero-order valence-electron chi connectivity index (χ0n) is 8.10. The molecule has 0 spiro atoms. The summed E-state index contributed by atoms with van der Waals surface area (Å²) in [6.45, 7) is 4.32. The van der Waals surface area contributed by atoms with Gasteiger partial charge in [0.15, 0.2) is 5.16 Å². The molecule has 0 aliphatic heterocycles. The summed E-state index contributed by atoms with van der Waals surface area (Å²) < 4.78 is 2.14. The van der Waals surface area contributed by atoms with Crippen molar-refractivity contribution in [3.8, 4) is 0 Å². The fourth-order valence-electron chi connectivity index (χ4n) is 1.31. The summed E-state index contributed by atoms with van der Waals surface area (Å²) in [6.07, 6.45) is 5.89. The summed E-state index contributed by atoms with van der Waals surface area (Å²) in [5, 5.41) is 9.96. The van der Waals surface area contributed by atoms with Gasteiger partial charge in [0.2, 0.25) is 0 Å². The molecule has 13 heavy (non-hydrogen) atoms. The summed E-state index contributed by atoms with van der Waals surface area (Å²) in [6, 6.07) is 0.470. The number of nitrogens with zero attached hydrogens (tertiary/aromatic N) is 3. The van der Waals surface area contributed by atoms with Crippen molar-refractivity contribution >= 4 is 11.8 Å². The van der Waals surface area contributed by atoms with Crippen molar-refractivity contribution in [1.29, 1.82) is 0 Å². The van der Waals surface area contributed by atoms with Gasteiger partial charge < -0.3 is 4.57 Å². The Bertz CT molecular complexity index is 278. The van der Waals surface area contributed by atoms with Crippen LogP contribution in [-0.2, 0) is 0 Å². The van der Waals surface area contributed by atoms with E-state index in [1.807, 2.05) is 18.1 Å². The molecule has 1 aliphatic rings. The van der Waals surface area contributed by atoms with Crippen LogP contribution in [0.1, 0.15) is 39.2 Å². The highest BCUT2D eigenvalue weighted by atomic mass is 32.2. The molecule has 4 heteroatoms. The number of hydrogen-bond acceptors (Lipinski definition) is 3. The lowest BCUT2D eigenvalue weighted by Crippen LogP contribution is -2.14. The van der Waals surface area contributed by atoms with Crippen molar-refractivity contribution in [2.75, 3.05) is 0 Å². The quantitative estimate of drug-likeness (QED) is 0.746. The molecule has 1 aromatic heterocycles. The van der Waals surface area contributed by atoms with E-state index in [2.05, 4.69) is 28.6 Å². The Morgan fingerprint density at radius 3 is 2.85 bits per heavy atom. The number of rotatable bonds is 3. The number of thioether (sulfide) groups is 1. The van der Waals surface area contributed by atoms with Crippen LogP contribution in [0.2, 0.25) is 0 Å². The average Bonchev–Trinajstić information content (AvgIpc) is 2.44. The highest BCUT2D eigenvalue weighted by Gasteiger charge is 2.21. The Kier molecular flexibility index (Phi) is 2.58. The van der Waals surface area contributed by atoms with E-state index < -0.39 is 0 Å². The van der Waals surface area contributed by atoms with E-state index in [9.17, 15) is 0 Å². The second-order valence-electron chi connectivity index (χ2n) is 3.79. The molecule has 0 N–H and O–H groups in total. The maximum Gasteiger partial charge on any atom is 0.191 e. The molecule has 1 fully saturated rings. The predicted octanol–water partition coefficient (Wildman–Crippen LogP) is 2.50. The van der Waals surface area contributed by atoms with Gasteiger partial charge in [-0.25, -0.2) is 0 Å². The van der Waals surface area contributed by atoms with Gasteiger partial charge in [-0.3, -0.25) is 0 Å². The maximum atomic E-state index is 4.14. The van der Waals surface area contributed by atoms with Crippen molar-refractivity contribution in [2.45, 2.75) is 49.6 Å². The molecular formula is C9H15N3S. The van der Waals surface area contributed by atoms with E-state index >= 15 is 0 Å². The Hall–Kier alpha value is -0.510. The molecule has 1 heterocycles. The zero-order chi connectivity index (χ0) is 9.26. The van der Waals surface area contributed by atoms with Gasteiger partial charge in [-0.1, -0.05) is 18.2 Å². The zero-order valence-corrected chi connectivity index (χ0v) is 8.92. The normalized spacial score (nSPS) is 17.8. The lowest BCUT2D eigenvalue weighted by atomic mass is 10.0. The second kappa shape index (κ2) is 3.70. The highest BCUT2D eigenvalue weighted by molar-refractivity contribution is 7.99. The Morgan fingerprint density at radius 2 is 2.31 bits per heavy atom. The lowest BCUT2D eigenvalue weighted by molar-refractivity contribution is 0.511. The molecule has 1 aliphatic carbocycles. The minimum Gasteiger partial charge on any atom is -0.306 e. The van der Waals surface area contributed by atoms with Crippen LogP contribution in [-0.4, -0.2) is 20.0 Å². The SMILES string of the molecule is CC(C)n1cnnc1SC1CCC1. The van der Waals surface area contributed by atoms with Gasteiger partial charge in [0.05, 0.1) is 0 Å². The first-order chi connectivity index (χ1) is 6.27. The Morgan fingerprint density at radius 1 is 1.54 bits per heavy atom. The highest BCUT2D eigenvalue weighted by Crippen LogP contribution is 2.35. The second-order valence-corrected chi connectivity index (χ2v) is 5.05. The first kappa shape index (κ1) is 9.06. The fourth-order valence-corrected chi connectivity index (χ4v) is 2.65. The van der Waals surface area contributed by atoms with Gasteiger partial charge in [-0.05, 0) is 26.7 Å². The van der Waals surface area contributed by atoms with Crippen LogP contribution in [0.15, 0.2) is 11.5 Å². The topological polar surface area (TPSA) is 30.7 Å². The molecule has 0 saturated heterocycles. The molecule has 1 aromatic rings. The summed E-state index contributed by atoms with van der Waals surface area (Å²) in [7, 11) is 0. The molecule has 0 bridgehead atoms. The maximum absolute atomic E-state index is 4.14. The minimum atomic E-state index is 0.470. The minimum absolute atomic E-state index is 0.470. The van der Waals surface area contributed by atoms with Crippen molar-refractivity contribution < 1.29 is 0 Å². The third kappa shape index (κ3) is 1.88. The van der Waals surface area contributed by atoms with Gasteiger partial charge in [0.1, 0.15) is 6.33 Å². The van der Waals surface area contributed by atoms with Gasteiger partial charge >= 0.3 is 0 Å². The van der Waals surface area contributed by atoms with Crippen LogP contribution in [0.25, 0.3) is 0 Å². The molecule has 0 radical (unpaired) electrons. The molecule has 3 nitrogen and oxygen atoms in total. The molecule has 72 valence electrons. The van der Waals surface area contributed by atoms with Crippen molar-refractivity contribution in [1.82, 2.24) is 14.8 Å². The van der Waals surface area contributed by atoms with Crippen LogP contribution >= 0.6 is 11.8 Å². The van der Waals surface area contributed by atoms with Gasteiger partial charge in [0, 0.05) is 11.3 Å². The van der Waals surface area contributed by atoms with Crippen LogP contribution in [0, 0.1) is 0 Å². The number of aromatic nitrogens is 3. The molecule has 0 atom stereocenters. The summed E-state index contributed by atoms with van der Waals surface area (Å²) in [5.41, 5.74) is 0. The first-order valence-corrected chi connectivity index (χ1v) is 5.71. The van der Waals surface area contributed by atoms with E-state index in [4.69, 9.17) is 0 Å². The van der Waals surface area contributed by atoms with Gasteiger partial charge in [-0.2, -0.15) is 0 Å². The summed E-state index contributed by atoms with van der Waals surface area (Å²) in [4.78, 5) is 0. The fraction of sp³-hybridized carbons (Fsp3) is 0.778. The van der Waals surface area contributed by atoms with Crippen molar-refractivity contribution in [2.24, 2.45) is 0 Å². The van der Waals surface area contributed by atoms with Crippen LogP contribution < -0.4 is 0 Å². The Balaban J connectivity index is 2.05.